The first-order chi connectivity index (χ1) is 14.4. The number of benzene rings is 4. The van der Waals surface area contributed by atoms with E-state index in [-0.39, 0.29) is 0 Å². The van der Waals surface area contributed by atoms with Crippen molar-refractivity contribution in [3.8, 4) is 5.75 Å². The van der Waals surface area contributed by atoms with Gasteiger partial charge in [0.15, 0.2) is 5.75 Å². The Morgan fingerprint density at radius 2 is 1.55 bits per heavy atom. The monoisotopic (exact) mass is 378 g/mol. The molecule has 0 amide bonds. The third kappa shape index (κ3) is 3.43. The van der Waals surface area contributed by atoms with Crippen molar-refractivity contribution in [1.29, 1.82) is 0 Å². The summed E-state index contributed by atoms with van der Waals surface area (Å²) in [6.45, 7) is 1.10. The van der Waals surface area contributed by atoms with Crippen LogP contribution in [0.3, 0.4) is 0 Å². The maximum Gasteiger partial charge on any atom is 0.162 e. The van der Waals surface area contributed by atoms with E-state index in [1.165, 1.54) is 27.7 Å². The van der Waals surface area contributed by atoms with Crippen LogP contribution in [0.25, 0.3) is 16.8 Å². The largest absolute Gasteiger partial charge is 0.382 e. The van der Waals surface area contributed by atoms with E-state index in [4.69, 9.17) is 4.84 Å². The van der Waals surface area contributed by atoms with E-state index in [0.29, 0.717) is 0 Å². The van der Waals surface area contributed by atoms with E-state index in [9.17, 15) is 0 Å². The first-order valence-corrected chi connectivity index (χ1v) is 9.91. The van der Waals surface area contributed by atoms with E-state index in [2.05, 4.69) is 83.2 Å². The molecule has 3 heteroatoms. The summed E-state index contributed by atoms with van der Waals surface area (Å²) in [5, 5.41) is 2.46. The van der Waals surface area contributed by atoms with E-state index < -0.39 is 0 Å². The molecular formula is C26H22N2O. The lowest BCUT2D eigenvalue weighted by atomic mass is 10.0. The van der Waals surface area contributed by atoms with Crippen LogP contribution in [0.15, 0.2) is 97.2 Å². The number of anilines is 2. The van der Waals surface area contributed by atoms with Gasteiger partial charge in [-0.2, -0.15) is 0 Å². The molecule has 29 heavy (non-hydrogen) atoms. The van der Waals surface area contributed by atoms with Gasteiger partial charge in [-0.15, -0.1) is 0 Å². The average molecular weight is 378 g/mol. The summed E-state index contributed by atoms with van der Waals surface area (Å²) >= 11 is 0. The van der Waals surface area contributed by atoms with Crippen LogP contribution in [0.5, 0.6) is 5.75 Å². The third-order valence-corrected chi connectivity index (χ3v) is 5.37. The summed E-state index contributed by atoms with van der Waals surface area (Å²) in [6, 6.07) is 31.6. The lowest BCUT2D eigenvalue weighted by molar-refractivity contribution is 0.239. The zero-order valence-electron chi connectivity index (χ0n) is 16.1. The molecule has 3 nitrogen and oxygen atoms in total. The molecule has 0 fully saturated rings. The molecule has 0 bridgehead atoms. The van der Waals surface area contributed by atoms with Crippen molar-refractivity contribution >= 4 is 28.2 Å². The molecule has 0 aliphatic carbocycles. The zero-order chi connectivity index (χ0) is 19.5. The highest BCUT2D eigenvalue weighted by Crippen LogP contribution is 2.33. The molecule has 0 aromatic heterocycles. The summed E-state index contributed by atoms with van der Waals surface area (Å²) in [4.78, 5) is 7.68. The maximum atomic E-state index is 5.29. The molecule has 2 aliphatic heterocycles. The molecule has 1 N–H and O–H groups in total. The van der Waals surface area contributed by atoms with Crippen LogP contribution in [-0.2, 0) is 6.42 Å². The summed E-state index contributed by atoms with van der Waals surface area (Å²) in [5.74, 6) is 0.881. The van der Waals surface area contributed by atoms with E-state index in [0.717, 1.165) is 24.3 Å². The molecule has 0 saturated heterocycles. The maximum absolute atomic E-state index is 5.29. The second-order valence-corrected chi connectivity index (χ2v) is 7.12. The highest BCUT2D eigenvalue weighted by atomic mass is 16.6. The first kappa shape index (κ1) is 17.4. The van der Waals surface area contributed by atoms with Crippen LogP contribution < -0.4 is 15.2 Å². The van der Waals surface area contributed by atoms with Crippen molar-refractivity contribution in [3.63, 3.8) is 0 Å². The van der Waals surface area contributed by atoms with Crippen LogP contribution in [0.4, 0.5) is 11.4 Å². The minimum Gasteiger partial charge on any atom is -0.382 e. The van der Waals surface area contributed by atoms with Gasteiger partial charge in [0.2, 0.25) is 0 Å². The predicted molar refractivity (Wildman–Crippen MR) is 120 cm³/mol. The highest BCUT2D eigenvalue weighted by molar-refractivity contribution is 5.93. The van der Waals surface area contributed by atoms with Gasteiger partial charge in [-0.05, 0) is 53.1 Å². The Bertz CT molecular complexity index is 1170. The third-order valence-electron chi connectivity index (χ3n) is 5.37. The van der Waals surface area contributed by atoms with E-state index >= 15 is 0 Å². The van der Waals surface area contributed by atoms with Crippen LogP contribution >= 0.6 is 0 Å². The normalized spacial score (nSPS) is 13.6. The van der Waals surface area contributed by atoms with Crippen molar-refractivity contribution in [3.05, 3.63) is 108 Å². The molecule has 0 radical (unpaired) electrons. The van der Waals surface area contributed by atoms with Crippen molar-refractivity contribution in [2.24, 2.45) is 0 Å². The first-order valence-electron chi connectivity index (χ1n) is 9.91. The second kappa shape index (κ2) is 7.72. The van der Waals surface area contributed by atoms with Gasteiger partial charge in [0.05, 0.1) is 0 Å². The molecule has 0 spiro atoms. The minimum absolute atomic E-state index is 0.881. The smallest absolute Gasteiger partial charge is 0.162 e. The van der Waals surface area contributed by atoms with Gasteiger partial charge in [0.1, 0.15) is 0 Å². The molecule has 0 saturated carbocycles. The van der Waals surface area contributed by atoms with Crippen molar-refractivity contribution < 1.29 is 4.84 Å². The van der Waals surface area contributed by atoms with Crippen LogP contribution in [-0.4, -0.2) is 6.54 Å². The van der Waals surface area contributed by atoms with Crippen LogP contribution in [0.2, 0.25) is 0 Å². The molecule has 142 valence electrons. The Morgan fingerprint density at radius 3 is 2.48 bits per heavy atom. The highest BCUT2D eigenvalue weighted by Gasteiger charge is 2.18. The summed E-state index contributed by atoms with van der Waals surface area (Å²) < 4.78 is 0. The van der Waals surface area contributed by atoms with Crippen LogP contribution in [0, 0.1) is 0 Å². The van der Waals surface area contributed by atoms with Gasteiger partial charge in [0, 0.05) is 29.7 Å². The Morgan fingerprint density at radius 1 is 0.759 bits per heavy atom. The van der Waals surface area contributed by atoms with Gasteiger partial charge in [0.25, 0.3) is 0 Å². The number of hydrogen-bond acceptors (Lipinski definition) is 3. The molecule has 6 rings (SSSR count). The Labute approximate surface area is 170 Å². The molecule has 0 unspecified atom stereocenters. The van der Waals surface area contributed by atoms with Gasteiger partial charge in [-0.25, -0.2) is 5.48 Å². The fourth-order valence-corrected chi connectivity index (χ4v) is 3.97. The second-order valence-electron chi connectivity index (χ2n) is 7.12. The molecule has 0 atom stereocenters. The summed E-state index contributed by atoms with van der Waals surface area (Å²) in [6.07, 6.45) is 4.99. The summed E-state index contributed by atoms with van der Waals surface area (Å²) in [7, 11) is 0. The average Bonchev–Trinajstić information content (AvgIpc) is 3.24. The molecule has 4 aromatic rings. The van der Waals surface area contributed by atoms with Gasteiger partial charge in [-0.1, -0.05) is 66.7 Å². The topological polar surface area (TPSA) is 24.5 Å². The van der Waals surface area contributed by atoms with Crippen molar-refractivity contribution in [1.82, 2.24) is 5.48 Å². The van der Waals surface area contributed by atoms with Crippen molar-refractivity contribution in [2.75, 3.05) is 11.4 Å². The molecule has 2 aliphatic rings. The standard InChI is InChI=1S/C14H13N.C12H9NO/c1-2-7-13(8-3-1)15-11-10-12-6-4-5-9-14(12)15;1-2-4-10-9(3-1)5-6-12-11(10)7-8-13-14-12/h1-9H,10-11H2;1-8,13H. The Balaban J connectivity index is 0.000000125. The van der Waals surface area contributed by atoms with Gasteiger partial charge >= 0.3 is 0 Å². The zero-order valence-corrected chi connectivity index (χ0v) is 16.1. The molecular weight excluding hydrogens is 356 g/mol. The Hall–Kier alpha value is -3.72. The quantitative estimate of drug-likeness (QED) is 0.434. The SMILES string of the molecule is C1=Cc2c(ccc3ccccc23)ON1.c1ccc(N2CCc3ccccc32)cc1. The fourth-order valence-electron chi connectivity index (χ4n) is 3.97. The van der Waals surface area contributed by atoms with Crippen LogP contribution in [0.1, 0.15) is 11.1 Å². The van der Waals surface area contributed by atoms with E-state index in [1.54, 1.807) is 6.20 Å². The number of fused-ring (bicyclic) bond motifs is 4. The fraction of sp³-hybridized carbons (Fsp3) is 0.0769. The number of nitrogens with one attached hydrogen (secondary N) is 1. The van der Waals surface area contributed by atoms with Gasteiger partial charge in [-0.3, -0.25) is 0 Å². The number of hydroxylamine groups is 1. The summed E-state index contributed by atoms with van der Waals surface area (Å²) in [5.41, 5.74) is 7.98. The number of hydrogen-bond donors (Lipinski definition) is 1. The lowest BCUT2D eigenvalue weighted by Crippen LogP contribution is -2.14. The van der Waals surface area contributed by atoms with Crippen molar-refractivity contribution in [2.45, 2.75) is 6.42 Å². The number of nitrogens with zero attached hydrogens (tertiary/aromatic N) is 1. The predicted octanol–water partition coefficient (Wildman–Crippen LogP) is 6.09. The van der Waals surface area contributed by atoms with E-state index in [1.807, 2.05) is 24.3 Å². The minimum atomic E-state index is 0.881. The number of para-hydroxylation sites is 2. The lowest BCUT2D eigenvalue weighted by Gasteiger charge is -2.19. The van der Waals surface area contributed by atoms with Gasteiger partial charge < -0.3 is 9.74 Å². The molecule has 2 heterocycles. The molecule has 4 aromatic carbocycles. The Kier molecular flexibility index (Phi) is 4.63. The number of rotatable bonds is 1.